The molecule has 0 aromatic rings. The summed E-state index contributed by atoms with van der Waals surface area (Å²) in [6.45, 7) is 2.08. The summed E-state index contributed by atoms with van der Waals surface area (Å²) in [6, 6.07) is 0. The number of allylic oxidation sites excluding steroid dienone is 1. The van der Waals surface area contributed by atoms with Crippen LogP contribution in [0.25, 0.3) is 0 Å². The highest BCUT2D eigenvalue weighted by Crippen LogP contribution is 1.87. The standard InChI is InChI=1S/C5H13N3/c1-2-3-4-5(6)8-7/h4,8H,2-3,6-7H2,1H3/b5-4+. The lowest BCUT2D eigenvalue weighted by Gasteiger charge is -1.95. The minimum Gasteiger partial charge on any atom is -0.385 e. The summed E-state index contributed by atoms with van der Waals surface area (Å²) in [7, 11) is 0. The molecule has 0 atom stereocenters. The van der Waals surface area contributed by atoms with E-state index in [2.05, 4.69) is 12.3 Å². The van der Waals surface area contributed by atoms with Crippen LogP contribution >= 0.6 is 0 Å². The molecule has 0 aromatic carbocycles. The molecule has 8 heavy (non-hydrogen) atoms. The van der Waals surface area contributed by atoms with Crippen molar-refractivity contribution in [3.63, 3.8) is 0 Å². The number of hydrazine groups is 1. The molecule has 0 heterocycles. The maximum absolute atomic E-state index is 5.28. The van der Waals surface area contributed by atoms with Gasteiger partial charge in [-0.25, -0.2) is 5.84 Å². The molecule has 0 spiro atoms. The van der Waals surface area contributed by atoms with Gasteiger partial charge in [-0.05, 0) is 12.5 Å². The Balaban J connectivity index is 3.26. The van der Waals surface area contributed by atoms with Gasteiger partial charge in [0.05, 0.1) is 0 Å². The Morgan fingerprint density at radius 1 is 1.75 bits per heavy atom. The first-order chi connectivity index (χ1) is 3.81. The van der Waals surface area contributed by atoms with Crippen LogP contribution in [0.4, 0.5) is 0 Å². The maximum atomic E-state index is 5.28. The highest BCUT2D eigenvalue weighted by atomic mass is 15.3. The molecule has 0 rings (SSSR count). The van der Waals surface area contributed by atoms with Crippen LogP contribution in [-0.2, 0) is 0 Å². The predicted octanol–water partition coefficient (Wildman–Crippen LogP) is 0.0499. The fraction of sp³-hybridized carbons (Fsp3) is 0.600. The van der Waals surface area contributed by atoms with Gasteiger partial charge in [-0.3, -0.25) is 0 Å². The van der Waals surface area contributed by atoms with Crippen LogP contribution in [0.3, 0.4) is 0 Å². The molecule has 0 saturated carbocycles. The monoisotopic (exact) mass is 115 g/mol. The Kier molecular flexibility index (Phi) is 4.07. The van der Waals surface area contributed by atoms with E-state index in [1.165, 1.54) is 0 Å². The fourth-order valence-electron chi connectivity index (χ4n) is 0.359. The minimum absolute atomic E-state index is 0.548. The summed E-state index contributed by atoms with van der Waals surface area (Å²) < 4.78 is 0. The molecule has 0 aliphatic heterocycles. The van der Waals surface area contributed by atoms with Gasteiger partial charge >= 0.3 is 0 Å². The number of hydrogen-bond donors (Lipinski definition) is 3. The SMILES string of the molecule is CCC/C=C(\N)NN. The second-order valence-electron chi connectivity index (χ2n) is 1.59. The van der Waals surface area contributed by atoms with Crippen molar-refractivity contribution < 1.29 is 0 Å². The third-order valence-electron chi connectivity index (χ3n) is 0.820. The molecule has 0 radical (unpaired) electrons. The van der Waals surface area contributed by atoms with E-state index >= 15 is 0 Å². The zero-order valence-corrected chi connectivity index (χ0v) is 5.15. The Hall–Kier alpha value is -0.700. The van der Waals surface area contributed by atoms with Crippen LogP contribution < -0.4 is 17.0 Å². The molecule has 5 N–H and O–H groups in total. The highest BCUT2D eigenvalue weighted by molar-refractivity contribution is 4.90. The summed E-state index contributed by atoms with van der Waals surface area (Å²) >= 11 is 0. The van der Waals surface area contributed by atoms with Crippen molar-refractivity contribution in [2.75, 3.05) is 0 Å². The van der Waals surface area contributed by atoms with Gasteiger partial charge in [0.25, 0.3) is 0 Å². The molecule has 0 amide bonds. The topological polar surface area (TPSA) is 64.1 Å². The van der Waals surface area contributed by atoms with Crippen molar-refractivity contribution in [1.82, 2.24) is 5.43 Å². The molecule has 3 nitrogen and oxygen atoms in total. The minimum atomic E-state index is 0.548. The van der Waals surface area contributed by atoms with Crippen molar-refractivity contribution in [3.8, 4) is 0 Å². The molecule has 0 saturated heterocycles. The van der Waals surface area contributed by atoms with Crippen LogP contribution in [-0.4, -0.2) is 0 Å². The first kappa shape index (κ1) is 7.30. The van der Waals surface area contributed by atoms with Crippen molar-refractivity contribution in [1.29, 1.82) is 0 Å². The average molecular weight is 115 g/mol. The normalized spacial score (nSPS) is 11.5. The molecule has 0 aliphatic carbocycles. The van der Waals surface area contributed by atoms with Crippen molar-refractivity contribution in [2.24, 2.45) is 11.6 Å². The van der Waals surface area contributed by atoms with Crippen molar-refractivity contribution >= 4 is 0 Å². The Morgan fingerprint density at radius 2 is 2.38 bits per heavy atom. The largest absolute Gasteiger partial charge is 0.385 e. The second kappa shape index (κ2) is 4.46. The van der Waals surface area contributed by atoms with Gasteiger partial charge in [-0.15, -0.1) is 0 Å². The maximum Gasteiger partial charge on any atom is 0.106 e. The molecule has 48 valence electrons. The van der Waals surface area contributed by atoms with E-state index in [4.69, 9.17) is 11.6 Å². The highest BCUT2D eigenvalue weighted by Gasteiger charge is 1.78. The summed E-state index contributed by atoms with van der Waals surface area (Å²) in [5.41, 5.74) is 7.62. The average Bonchev–Trinajstić information content (AvgIpc) is 1.83. The third-order valence-corrected chi connectivity index (χ3v) is 0.820. The molecule has 0 aliphatic rings. The summed E-state index contributed by atoms with van der Waals surface area (Å²) in [5, 5.41) is 0. The number of unbranched alkanes of at least 4 members (excludes halogenated alkanes) is 1. The number of rotatable bonds is 3. The molecule has 0 aromatic heterocycles. The molecular formula is C5H13N3. The molecule has 0 fully saturated rings. The van der Waals surface area contributed by atoms with Gasteiger partial charge < -0.3 is 11.2 Å². The molecular weight excluding hydrogens is 102 g/mol. The predicted molar refractivity (Wildman–Crippen MR) is 34.5 cm³/mol. The van der Waals surface area contributed by atoms with Crippen molar-refractivity contribution in [2.45, 2.75) is 19.8 Å². The zero-order chi connectivity index (χ0) is 6.41. The van der Waals surface area contributed by atoms with Crippen LogP contribution in [0.5, 0.6) is 0 Å². The van der Waals surface area contributed by atoms with Gasteiger partial charge in [-0.2, -0.15) is 0 Å². The number of nitrogens with two attached hydrogens (primary N) is 2. The lowest BCUT2D eigenvalue weighted by Crippen LogP contribution is -2.26. The van der Waals surface area contributed by atoms with E-state index in [0.29, 0.717) is 5.82 Å². The first-order valence-corrected chi connectivity index (χ1v) is 2.73. The third kappa shape index (κ3) is 3.49. The lowest BCUT2D eigenvalue weighted by molar-refractivity contribution is 0.840. The van der Waals surface area contributed by atoms with Crippen LogP contribution in [0.1, 0.15) is 19.8 Å². The van der Waals surface area contributed by atoms with Crippen LogP contribution in [0, 0.1) is 0 Å². The summed E-state index contributed by atoms with van der Waals surface area (Å²) in [6.07, 6.45) is 3.94. The van der Waals surface area contributed by atoms with Gasteiger partial charge in [0.2, 0.25) is 0 Å². The first-order valence-electron chi connectivity index (χ1n) is 2.73. The molecule has 0 bridgehead atoms. The number of nitrogens with one attached hydrogen (secondary N) is 1. The Morgan fingerprint density at radius 3 is 2.75 bits per heavy atom. The summed E-state index contributed by atoms with van der Waals surface area (Å²) in [4.78, 5) is 0. The Labute approximate surface area is 49.7 Å². The van der Waals surface area contributed by atoms with Gasteiger partial charge in [0.15, 0.2) is 0 Å². The zero-order valence-electron chi connectivity index (χ0n) is 5.15. The lowest BCUT2D eigenvalue weighted by atomic mass is 10.3. The molecule has 3 heteroatoms. The number of hydrogen-bond acceptors (Lipinski definition) is 3. The van der Waals surface area contributed by atoms with Gasteiger partial charge in [0, 0.05) is 0 Å². The quantitative estimate of drug-likeness (QED) is 0.359. The van der Waals surface area contributed by atoms with E-state index in [1.807, 2.05) is 6.08 Å². The van der Waals surface area contributed by atoms with E-state index in [9.17, 15) is 0 Å². The van der Waals surface area contributed by atoms with Gasteiger partial charge in [0.1, 0.15) is 5.82 Å². The smallest absolute Gasteiger partial charge is 0.106 e. The van der Waals surface area contributed by atoms with Crippen LogP contribution in [0.15, 0.2) is 11.9 Å². The van der Waals surface area contributed by atoms with Crippen molar-refractivity contribution in [3.05, 3.63) is 11.9 Å². The van der Waals surface area contributed by atoms with E-state index in [0.717, 1.165) is 12.8 Å². The van der Waals surface area contributed by atoms with Crippen LogP contribution in [0.2, 0.25) is 0 Å². The molecule has 0 unspecified atom stereocenters. The van der Waals surface area contributed by atoms with E-state index in [1.54, 1.807) is 0 Å². The second-order valence-corrected chi connectivity index (χ2v) is 1.59. The van der Waals surface area contributed by atoms with Gasteiger partial charge in [-0.1, -0.05) is 13.3 Å². The van der Waals surface area contributed by atoms with E-state index < -0.39 is 0 Å². The fourth-order valence-corrected chi connectivity index (χ4v) is 0.359. The summed E-state index contributed by atoms with van der Waals surface area (Å²) in [5.74, 6) is 5.52. The Bertz CT molecular complexity index is 77.7. The van der Waals surface area contributed by atoms with E-state index in [-0.39, 0.29) is 0 Å².